The average molecular weight is 496 g/mol. The van der Waals surface area contributed by atoms with Crippen molar-refractivity contribution >= 4 is 33.3 Å². The Hall–Kier alpha value is -2.44. The third-order valence-corrected chi connectivity index (χ3v) is 9.54. The normalized spacial score (nSPS) is 20.5. The zero-order valence-electron chi connectivity index (χ0n) is 18.5. The van der Waals surface area contributed by atoms with Crippen LogP contribution in [0.1, 0.15) is 25.7 Å². The number of aromatic nitrogens is 2. The fraction of sp³-hybridized carbons (Fsp3) is 0.571. The van der Waals surface area contributed by atoms with Gasteiger partial charge in [0, 0.05) is 45.0 Å². The minimum Gasteiger partial charge on any atom is -0.467 e. The molecule has 10 nitrogen and oxygen atoms in total. The Labute approximate surface area is 197 Å². The zero-order chi connectivity index (χ0) is 23.4. The van der Waals surface area contributed by atoms with Crippen molar-refractivity contribution in [2.24, 2.45) is 5.92 Å². The van der Waals surface area contributed by atoms with Crippen molar-refractivity contribution in [3.05, 3.63) is 29.8 Å². The highest BCUT2D eigenvalue weighted by Crippen LogP contribution is 2.28. The standard InChI is InChI=1S/C21H29N5O5S2/c1-31-20-22-9-6-18(23-20)24-11-7-17(8-12-24)26(21(27)28)15-16-4-2-10-25(14-16)33(29,30)19-5-3-13-32-19/h3,5-6,9,13,16-17H,2,4,7-8,10-12,14-15H2,1H3,(H,27,28). The zero-order valence-corrected chi connectivity index (χ0v) is 20.2. The van der Waals surface area contributed by atoms with Gasteiger partial charge >= 0.3 is 12.1 Å². The first-order valence-electron chi connectivity index (χ1n) is 11.0. The Kier molecular flexibility index (Phi) is 7.35. The molecule has 2 aliphatic rings. The van der Waals surface area contributed by atoms with Gasteiger partial charge in [0.05, 0.1) is 7.11 Å². The van der Waals surface area contributed by atoms with Crippen molar-refractivity contribution in [3.8, 4) is 6.01 Å². The number of hydrogen-bond donors (Lipinski definition) is 1. The molecular formula is C21H29N5O5S2. The van der Waals surface area contributed by atoms with Crippen molar-refractivity contribution in [3.63, 3.8) is 0 Å². The van der Waals surface area contributed by atoms with Crippen LogP contribution in [0.4, 0.5) is 10.6 Å². The van der Waals surface area contributed by atoms with E-state index in [0.29, 0.717) is 55.8 Å². The van der Waals surface area contributed by atoms with Gasteiger partial charge in [-0.25, -0.2) is 18.2 Å². The van der Waals surface area contributed by atoms with E-state index in [1.54, 1.807) is 23.7 Å². The monoisotopic (exact) mass is 495 g/mol. The van der Waals surface area contributed by atoms with Crippen molar-refractivity contribution in [1.29, 1.82) is 0 Å². The molecule has 0 spiro atoms. The first-order chi connectivity index (χ1) is 15.9. The van der Waals surface area contributed by atoms with Crippen LogP contribution >= 0.6 is 11.3 Å². The Morgan fingerprint density at radius 2 is 2.06 bits per heavy atom. The molecule has 0 aromatic carbocycles. The van der Waals surface area contributed by atoms with E-state index in [-0.39, 0.29) is 12.0 Å². The number of sulfonamides is 1. The van der Waals surface area contributed by atoms with Crippen molar-refractivity contribution < 1.29 is 23.1 Å². The van der Waals surface area contributed by atoms with Crippen LogP contribution < -0.4 is 9.64 Å². The minimum absolute atomic E-state index is 0.0197. The molecule has 2 aromatic heterocycles. The van der Waals surface area contributed by atoms with E-state index in [1.807, 2.05) is 6.07 Å². The number of rotatable bonds is 7. The molecule has 1 unspecified atom stereocenters. The summed E-state index contributed by atoms with van der Waals surface area (Å²) < 4.78 is 32.8. The summed E-state index contributed by atoms with van der Waals surface area (Å²) in [5.41, 5.74) is 0. The molecule has 2 fully saturated rings. The topological polar surface area (TPSA) is 116 Å². The number of thiophene rings is 1. The lowest BCUT2D eigenvalue weighted by molar-refractivity contribution is 0.0957. The molecule has 1 atom stereocenters. The highest BCUT2D eigenvalue weighted by molar-refractivity contribution is 7.91. The first-order valence-corrected chi connectivity index (χ1v) is 13.4. The third-order valence-electron chi connectivity index (χ3n) is 6.30. The summed E-state index contributed by atoms with van der Waals surface area (Å²) in [7, 11) is -2.00. The molecule has 4 heterocycles. The van der Waals surface area contributed by atoms with Gasteiger partial charge in [-0.2, -0.15) is 9.29 Å². The molecule has 2 aliphatic heterocycles. The highest BCUT2D eigenvalue weighted by atomic mass is 32.2. The molecule has 4 rings (SSSR count). The lowest BCUT2D eigenvalue weighted by Gasteiger charge is -2.40. The smallest absolute Gasteiger partial charge is 0.407 e. The van der Waals surface area contributed by atoms with Crippen LogP contribution in [-0.2, 0) is 10.0 Å². The lowest BCUT2D eigenvalue weighted by Crippen LogP contribution is -2.51. The lowest BCUT2D eigenvalue weighted by atomic mass is 9.96. The number of amides is 1. The third kappa shape index (κ3) is 5.39. The summed E-state index contributed by atoms with van der Waals surface area (Å²) in [6.07, 6.45) is 3.62. The number of carboxylic acid groups (broad SMARTS) is 1. The maximum Gasteiger partial charge on any atom is 0.407 e. The highest BCUT2D eigenvalue weighted by Gasteiger charge is 2.35. The average Bonchev–Trinajstić information content (AvgIpc) is 3.39. The van der Waals surface area contributed by atoms with Gasteiger partial charge in [-0.05, 0) is 49.1 Å². The summed E-state index contributed by atoms with van der Waals surface area (Å²) in [4.78, 5) is 24.1. The summed E-state index contributed by atoms with van der Waals surface area (Å²) in [6, 6.07) is 5.37. The fourth-order valence-electron chi connectivity index (χ4n) is 4.61. The molecule has 0 saturated carbocycles. The maximum absolute atomic E-state index is 12.9. The molecule has 12 heteroatoms. The second-order valence-corrected chi connectivity index (χ2v) is 11.5. The molecule has 180 valence electrons. The predicted octanol–water partition coefficient (Wildman–Crippen LogP) is 2.60. The molecule has 2 aromatic rings. The van der Waals surface area contributed by atoms with Crippen LogP contribution in [0.5, 0.6) is 6.01 Å². The van der Waals surface area contributed by atoms with E-state index in [4.69, 9.17) is 4.74 Å². The van der Waals surface area contributed by atoms with E-state index >= 15 is 0 Å². The predicted molar refractivity (Wildman–Crippen MR) is 124 cm³/mol. The van der Waals surface area contributed by atoms with Crippen LogP contribution in [0, 0.1) is 5.92 Å². The van der Waals surface area contributed by atoms with Gasteiger partial charge in [0.25, 0.3) is 10.0 Å². The quantitative estimate of drug-likeness (QED) is 0.623. The van der Waals surface area contributed by atoms with Crippen LogP contribution in [0.25, 0.3) is 0 Å². The molecule has 33 heavy (non-hydrogen) atoms. The number of ether oxygens (including phenoxy) is 1. The molecule has 0 aliphatic carbocycles. The summed E-state index contributed by atoms with van der Waals surface area (Å²) in [5.74, 6) is 0.748. The summed E-state index contributed by atoms with van der Waals surface area (Å²) in [5, 5.41) is 11.7. The SMILES string of the molecule is COc1nccc(N2CCC(N(CC3CCCN(S(=O)(=O)c4cccs4)C3)C(=O)O)CC2)n1. The van der Waals surface area contributed by atoms with Crippen molar-refractivity contribution in [2.75, 3.05) is 44.7 Å². The van der Waals surface area contributed by atoms with E-state index in [1.165, 1.54) is 27.7 Å². The van der Waals surface area contributed by atoms with E-state index < -0.39 is 16.1 Å². The van der Waals surface area contributed by atoms with Gasteiger partial charge in [0.1, 0.15) is 10.0 Å². The summed E-state index contributed by atoms with van der Waals surface area (Å²) in [6.45, 7) is 2.53. The number of anilines is 1. The van der Waals surface area contributed by atoms with Crippen LogP contribution in [0.3, 0.4) is 0 Å². The van der Waals surface area contributed by atoms with Crippen molar-refractivity contribution in [1.82, 2.24) is 19.2 Å². The van der Waals surface area contributed by atoms with Gasteiger partial charge < -0.3 is 19.6 Å². The number of hydrogen-bond acceptors (Lipinski definition) is 8. The van der Waals surface area contributed by atoms with Crippen LogP contribution in [-0.4, -0.2) is 84.7 Å². The van der Waals surface area contributed by atoms with Gasteiger partial charge in [-0.15, -0.1) is 11.3 Å². The number of piperidine rings is 2. The minimum atomic E-state index is -3.52. The van der Waals surface area contributed by atoms with E-state index in [9.17, 15) is 18.3 Å². The van der Waals surface area contributed by atoms with Gasteiger partial charge in [0.15, 0.2) is 0 Å². The Bertz CT molecular complexity index is 1040. The Balaban J connectivity index is 1.37. The maximum atomic E-state index is 12.9. The largest absolute Gasteiger partial charge is 0.467 e. The molecule has 0 radical (unpaired) electrons. The summed E-state index contributed by atoms with van der Waals surface area (Å²) >= 11 is 1.21. The Morgan fingerprint density at radius 1 is 1.27 bits per heavy atom. The second kappa shape index (κ2) is 10.2. The number of nitrogens with zero attached hydrogens (tertiary/aromatic N) is 5. The van der Waals surface area contributed by atoms with Crippen molar-refractivity contribution in [2.45, 2.75) is 35.9 Å². The molecular weight excluding hydrogens is 466 g/mol. The van der Waals surface area contributed by atoms with E-state index in [2.05, 4.69) is 14.9 Å². The molecule has 2 saturated heterocycles. The van der Waals surface area contributed by atoms with Crippen LogP contribution in [0.2, 0.25) is 0 Å². The van der Waals surface area contributed by atoms with Gasteiger partial charge in [0.2, 0.25) is 0 Å². The molecule has 1 amide bonds. The molecule has 0 bridgehead atoms. The number of methoxy groups -OCH3 is 1. The fourth-order valence-corrected chi connectivity index (χ4v) is 7.31. The number of carbonyl (C=O) groups is 1. The van der Waals surface area contributed by atoms with Gasteiger partial charge in [-0.1, -0.05) is 6.07 Å². The van der Waals surface area contributed by atoms with E-state index in [0.717, 1.165) is 18.7 Å². The Morgan fingerprint density at radius 3 is 2.73 bits per heavy atom. The second-order valence-electron chi connectivity index (χ2n) is 8.36. The van der Waals surface area contributed by atoms with Crippen LogP contribution in [0.15, 0.2) is 34.0 Å². The van der Waals surface area contributed by atoms with Gasteiger partial charge in [-0.3, -0.25) is 0 Å². The molecule has 1 N–H and O–H groups in total. The first kappa shape index (κ1) is 23.7.